The van der Waals surface area contributed by atoms with Crippen molar-refractivity contribution in [2.24, 2.45) is 0 Å². The maximum absolute atomic E-state index is 12.9. The quantitative estimate of drug-likeness (QED) is 0.688. The molecule has 0 unspecified atom stereocenters. The zero-order valence-electron chi connectivity index (χ0n) is 12.2. The molecule has 2 aliphatic rings. The first kappa shape index (κ1) is 15.1. The van der Waals surface area contributed by atoms with Crippen LogP contribution in [-0.4, -0.2) is 31.2 Å². The molecule has 4 nitrogen and oxygen atoms in total. The van der Waals surface area contributed by atoms with Crippen molar-refractivity contribution in [1.29, 1.82) is 0 Å². The molecule has 0 radical (unpaired) electrons. The number of rotatable bonds is 6. The number of nitrogens with zero attached hydrogens (tertiary/aromatic N) is 1. The summed E-state index contributed by atoms with van der Waals surface area (Å²) in [7, 11) is -3.05. The van der Waals surface area contributed by atoms with Gasteiger partial charge in [-0.25, -0.2) is 0 Å². The second kappa shape index (κ2) is 6.92. The van der Waals surface area contributed by atoms with Crippen LogP contribution in [0.2, 0.25) is 0 Å². The summed E-state index contributed by atoms with van der Waals surface area (Å²) in [6.07, 6.45) is 6.76. The monoisotopic (exact) mass is 287 g/mol. The molecular formula is C14H26NO3P. The van der Waals surface area contributed by atoms with E-state index in [1.807, 2.05) is 13.8 Å². The first-order chi connectivity index (χ1) is 9.21. The van der Waals surface area contributed by atoms with Crippen molar-refractivity contribution < 1.29 is 13.6 Å². The molecule has 5 heteroatoms. The normalized spacial score (nSPS) is 21.3. The summed E-state index contributed by atoms with van der Waals surface area (Å²) in [4.78, 5) is 2.41. The van der Waals surface area contributed by atoms with Gasteiger partial charge in [0.25, 0.3) is 0 Å². The highest BCUT2D eigenvalue weighted by atomic mass is 31.2. The smallest absolute Gasteiger partial charge is 0.359 e. The minimum absolute atomic E-state index is 0.439. The van der Waals surface area contributed by atoms with Crippen LogP contribution in [0, 0.1) is 0 Å². The molecule has 1 aliphatic carbocycles. The highest BCUT2D eigenvalue weighted by molar-refractivity contribution is 7.58. The Balaban J connectivity index is 2.24. The molecule has 1 saturated heterocycles. The van der Waals surface area contributed by atoms with E-state index in [2.05, 4.69) is 4.90 Å². The largest absolute Gasteiger partial charge is 0.374 e. The van der Waals surface area contributed by atoms with Gasteiger partial charge in [-0.15, -0.1) is 0 Å². The lowest BCUT2D eigenvalue weighted by atomic mass is 10.1. The molecule has 0 aromatic heterocycles. The van der Waals surface area contributed by atoms with E-state index < -0.39 is 7.60 Å². The Bertz CT molecular complexity index is 365. The van der Waals surface area contributed by atoms with Crippen LogP contribution in [-0.2, 0) is 13.6 Å². The van der Waals surface area contributed by atoms with Gasteiger partial charge in [0.2, 0.25) is 0 Å². The van der Waals surface area contributed by atoms with Gasteiger partial charge in [0, 0.05) is 18.8 Å². The highest BCUT2D eigenvalue weighted by Crippen LogP contribution is 2.61. The Morgan fingerprint density at radius 2 is 1.63 bits per heavy atom. The highest BCUT2D eigenvalue weighted by Gasteiger charge is 2.36. The third kappa shape index (κ3) is 3.42. The second-order valence-electron chi connectivity index (χ2n) is 5.13. The summed E-state index contributed by atoms with van der Waals surface area (Å²) in [6, 6.07) is 0. The number of likely N-dealkylation sites (tertiary alicyclic amines) is 1. The molecule has 0 amide bonds. The predicted molar refractivity (Wildman–Crippen MR) is 77.2 cm³/mol. The van der Waals surface area contributed by atoms with Gasteiger partial charge in [-0.05, 0) is 52.4 Å². The Hall–Kier alpha value is -0.310. The molecule has 110 valence electrons. The zero-order chi connectivity index (χ0) is 13.7. The van der Waals surface area contributed by atoms with Gasteiger partial charge in [0.1, 0.15) is 0 Å². The van der Waals surface area contributed by atoms with Crippen molar-refractivity contribution in [3.8, 4) is 0 Å². The molecule has 0 aromatic carbocycles. The average molecular weight is 287 g/mol. The molecule has 1 aliphatic heterocycles. The van der Waals surface area contributed by atoms with Crippen LogP contribution < -0.4 is 0 Å². The van der Waals surface area contributed by atoms with Gasteiger partial charge in [-0.3, -0.25) is 4.57 Å². The van der Waals surface area contributed by atoms with Crippen LogP contribution >= 0.6 is 7.60 Å². The molecule has 19 heavy (non-hydrogen) atoms. The van der Waals surface area contributed by atoms with Gasteiger partial charge in [0.15, 0.2) is 0 Å². The first-order valence-corrected chi connectivity index (χ1v) is 9.12. The summed E-state index contributed by atoms with van der Waals surface area (Å²) < 4.78 is 24.0. The third-order valence-electron chi connectivity index (χ3n) is 3.83. The molecular weight excluding hydrogens is 261 g/mol. The lowest BCUT2D eigenvalue weighted by Gasteiger charge is -2.32. The number of hydrogen-bond acceptors (Lipinski definition) is 4. The fourth-order valence-electron chi connectivity index (χ4n) is 3.04. The van der Waals surface area contributed by atoms with Crippen LogP contribution in [0.3, 0.4) is 0 Å². The number of allylic oxidation sites excluding steroid dienone is 2. The van der Waals surface area contributed by atoms with Crippen LogP contribution in [0.1, 0.15) is 52.4 Å². The second-order valence-corrected chi connectivity index (χ2v) is 7.18. The number of piperidine rings is 1. The van der Waals surface area contributed by atoms with Gasteiger partial charge in [-0.1, -0.05) is 0 Å². The van der Waals surface area contributed by atoms with Crippen LogP contribution in [0.15, 0.2) is 11.0 Å². The Morgan fingerprint density at radius 1 is 1.00 bits per heavy atom. The van der Waals surface area contributed by atoms with E-state index >= 15 is 0 Å². The van der Waals surface area contributed by atoms with Gasteiger partial charge in [0.05, 0.1) is 18.5 Å². The Kier molecular flexibility index (Phi) is 5.49. The molecule has 0 atom stereocenters. The van der Waals surface area contributed by atoms with Crippen molar-refractivity contribution in [3.63, 3.8) is 0 Å². The van der Waals surface area contributed by atoms with Gasteiger partial charge in [-0.2, -0.15) is 0 Å². The average Bonchev–Trinajstić information content (AvgIpc) is 2.90. The molecule has 0 saturated carbocycles. The summed E-state index contributed by atoms with van der Waals surface area (Å²) >= 11 is 0. The molecule has 1 fully saturated rings. The maximum Gasteiger partial charge on any atom is 0.359 e. The minimum atomic E-state index is -3.05. The van der Waals surface area contributed by atoms with E-state index in [-0.39, 0.29) is 0 Å². The van der Waals surface area contributed by atoms with Crippen molar-refractivity contribution in [1.82, 2.24) is 4.90 Å². The standard InChI is InChI=1S/C14H26NO3P/c1-3-17-19(16,18-4-2)14-10-8-9-13(14)15-11-6-5-7-12-15/h3-12H2,1-2H3. The van der Waals surface area contributed by atoms with E-state index in [9.17, 15) is 4.57 Å². The summed E-state index contributed by atoms with van der Waals surface area (Å²) in [5.41, 5.74) is 1.25. The lowest BCUT2D eigenvalue weighted by molar-refractivity contribution is 0.223. The molecule has 1 heterocycles. The van der Waals surface area contributed by atoms with Crippen molar-refractivity contribution in [2.75, 3.05) is 26.3 Å². The van der Waals surface area contributed by atoms with E-state index in [0.717, 1.165) is 37.7 Å². The fraction of sp³-hybridized carbons (Fsp3) is 0.857. The van der Waals surface area contributed by atoms with Gasteiger partial charge >= 0.3 is 7.60 Å². The molecule has 0 N–H and O–H groups in total. The Morgan fingerprint density at radius 3 is 2.21 bits per heavy atom. The van der Waals surface area contributed by atoms with Crippen molar-refractivity contribution in [3.05, 3.63) is 11.0 Å². The van der Waals surface area contributed by atoms with E-state index in [0.29, 0.717) is 13.2 Å². The number of hydrogen-bond donors (Lipinski definition) is 0. The van der Waals surface area contributed by atoms with Crippen LogP contribution in [0.4, 0.5) is 0 Å². The maximum atomic E-state index is 12.9. The van der Waals surface area contributed by atoms with Gasteiger partial charge < -0.3 is 13.9 Å². The molecule has 0 spiro atoms. The van der Waals surface area contributed by atoms with E-state index in [1.54, 1.807) is 0 Å². The first-order valence-electron chi connectivity index (χ1n) is 7.58. The molecule has 0 bridgehead atoms. The molecule has 0 aromatic rings. The van der Waals surface area contributed by atoms with Crippen molar-refractivity contribution in [2.45, 2.75) is 52.4 Å². The summed E-state index contributed by atoms with van der Waals surface area (Å²) in [5, 5.41) is 0.957. The summed E-state index contributed by atoms with van der Waals surface area (Å²) in [5.74, 6) is 0. The topological polar surface area (TPSA) is 38.8 Å². The summed E-state index contributed by atoms with van der Waals surface area (Å²) in [6.45, 7) is 6.82. The predicted octanol–water partition coefficient (Wildman–Crippen LogP) is 4.13. The zero-order valence-corrected chi connectivity index (χ0v) is 13.1. The minimum Gasteiger partial charge on any atom is -0.374 e. The molecule has 2 rings (SSSR count). The lowest BCUT2D eigenvalue weighted by Crippen LogP contribution is -2.29. The SMILES string of the molecule is CCOP(=O)(OCC)C1=C(N2CCCCC2)CCC1. The van der Waals surface area contributed by atoms with Crippen molar-refractivity contribution >= 4 is 7.60 Å². The third-order valence-corrected chi connectivity index (χ3v) is 6.17. The Labute approximate surface area is 116 Å². The van der Waals surface area contributed by atoms with Crippen LogP contribution in [0.25, 0.3) is 0 Å². The van der Waals surface area contributed by atoms with Crippen LogP contribution in [0.5, 0.6) is 0 Å². The fourth-order valence-corrected chi connectivity index (χ4v) is 5.11. The van der Waals surface area contributed by atoms with E-state index in [1.165, 1.54) is 25.0 Å². The van der Waals surface area contributed by atoms with E-state index in [4.69, 9.17) is 9.05 Å².